The van der Waals surface area contributed by atoms with Crippen molar-refractivity contribution in [2.75, 3.05) is 18.1 Å². The van der Waals surface area contributed by atoms with E-state index in [1.807, 2.05) is 55.5 Å². The molecule has 0 atom stereocenters. The number of nitrogens with zero attached hydrogens (tertiary/aromatic N) is 2. The summed E-state index contributed by atoms with van der Waals surface area (Å²) in [5.41, 5.74) is 3.97. The van der Waals surface area contributed by atoms with Crippen molar-refractivity contribution in [2.24, 2.45) is 0 Å². The topological polar surface area (TPSA) is 158 Å². The monoisotopic (exact) mass is 717 g/mol. The third-order valence-electron chi connectivity index (χ3n) is 7.99. The maximum atomic E-state index is 13.4. The van der Waals surface area contributed by atoms with Crippen LogP contribution in [-0.2, 0) is 41.9 Å². The Kier molecular flexibility index (Phi) is 12.5. The Bertz CT molecular complexity index is 2020. The number of esters is 1. The minimum absolute atomic E-state index is 0.0313. The van der Waals surface area contributed by atoms with Crippen molar-refractivity contribution >= 4 is 41.4 Å². The number of anilines is 1. The average Bonchev–Trinajstić information content (AvgIpc) is 3.48. The number of hydrogen-bond donors (Lipinski definition) is 1. The van der Waals surface area contributed by atoms with Gasteiger partial charge in [-0.2, -0.15) is 0 Å². The fourth-order valence-corrected chi connectivity index (χ4v) is 5.19. The quantitative estimate of drug-likeness (QED) is 0.0812. The zero-order valence-corrected chi connectivity index (χ0v) is 28.7. The van der Waals surface area contributed by atoms with Crippen LogP contribution in [0, 0.1) is 19.3 Å². The lowest BCUT2D eigenvalue weighted by atomic mass is 10.1. The van der Waals surface area contributed by atoms with Gasteiger partial charge in [0.15, 0.2) is 6.61 Å². The largest absolute Gasteiger partial charge is 0.534 e. The van der Waals surface area contributed by atoms with Gasteiger partial charge in [0.1, 0.15) is 18.1 Å². The lowest BCUT2D eigenvalue weighted by Gasteiger charge is -2.25. The minimum atomic E-state index is -1.20. The van der Waals surface area contributed by atoms with E-state index in [2.05, 4.69) is 16.1 Å². The SMILES string of the molecule is C#Cc1ccccc1CN(C(=O)CCNC(=O)COc1ccc(C(=O)Oc2ccc(COC(=O)ON3C(=O)CCC3=O)cc2)cc1)c1ccccc1C. The third kappa shape index (κ3) is 10.3. The van der Waals surface area contributed by atoms with Gasteiger partial charge in [0.25, 0.3) is 17.7 Å². The number of benzene rings is 4. The highest BCUT2D eigenvalue weighted by atomic mass is 16.8. The highest BCUT2D eigenvalue weighted by molar-refractivity contribution is 6.01. The number of carbonyl (C=O) groups excluding carboxylic acids is 6. The number of imide groups is 1. The Balaban J connectivity index is 1.04. The Hall–Kier alpha value is -6.94. The molecule has 0 saturated carbocycles. The van der Waals surface area contributed by atoms with E-state index in [1.165, 1.54) is 36.4 Å². The summed E-state index contributed by atoms with van der Waals surface area (Å²) in [5.74, 6) is 0.738. The van der Waals surface area contributed by atoms with Crippen molar-refractivity contribution in [2.45, 2.75) is 39.3 Å². The number of terminal acetylenes is 1. The second-order valence-corrected chi connectivity index (χ2v) is 11.7. The number of nitrogens with one attached hydrogen (secondary N) is 1. The minimum Gasteiger partial charge on any atom is -0.484 e. The molecule has 13 heteroatoms. The number of aryl methyl sites for hydroxylation is 1. The lowest BCUT2D eigenvalue weighted by molar-refractivity contribution is -0.177. The van der Waals surface area contributed by atoms with Crippen LogP contribution in [0.4, 0.5) is 10.5 Å². The fraction of sp³-hybridized carbons (Fsp3) is 0.200. The normalized spacial score (nSPS) is 12.0. The van der Waals surface area contributed by atoms with Crippen molar-refractivity contribution in [3.63, 3.8) is 0 Å². The smallest absolute Gasteiger partial charge is 0.484 e. The number of amides is 4. The van der Waals surface area contributed by atoms with Crippen LogP contribution in [0.3, 0.4) is 0 Å². The van der Waals surface area contributed by atoms with Crippen LogP contribution >= 0.6 is 0 Å². The molecule has 0 spiro atoms. The average molecular weight is 718 g/mol. The summed E-state index contributed by atoms with van der Waals surface area (Å²) in [5, 5.41) is 3.10. The van der Waals surface area contributed by atoms with Crippen molar-refractivity contribution in [3.05, 3.63) is 125 Å². The first-order chi connectivity index (χ1) is 25.6. The molecule has 1 saturated heterocycles. The Morgan fingerprint density at radius 1 is 0.849 bits per heavy atom. The summed E-state index contributed by atoms with van der Waals surface area (Å²) < 4.78 is 15.9. The van der Waals surface area contributed by atoms with Crippen LogP contribution in [0.2, 0.25) is 0 Å². The molecule has 53 heavy (non-hydrogen) atoms. The number of hydroxylamine groups is 2. The second-order valence-electron chi connectivity index (χ2n) is 11.7. The molecule has 1 aliphatic rings. The summed E-state index contributed by atoms with van der Waals surface area (Å²) in [6.45, 7) is 1.78. The Labute approximate surface area is 305 Å². The zero-order chi connectivity index (χ0) is 37.7. The van der Waals surface area contributed by atoms with E-state index in [9.17, 15) is 28.8 Å². The first-order valence-corrected chi connectivity index (χ1v) is 16.5. The van der Waals surface area contributed by atoms with E-state index in [-0.39, 0.29) is 62.8 Å². The van der Waals surface area contributed by atoms with Crippen molar-refractivity contribution in [1.29, 1.82) is 0 Å². The Morgan fingerprint density at radius 2 is 1.51 bits per heavy atom. The van der Waals surface area contributed by atoms with Gasteiger partial charge in [0.2, 0.25) is 5.91 Å². The van der Waals surface area contributed by atoms with Crippen LogP contribution in [0.15, 0.2) is 97.1 Å². The van der Waals surface area contributed by atoms with Gasteiger partial charge < -0.3 is 24.4 Å². The van der Waals surface area contributed by atoms with Crippen LogP contribution in [0.1, 0.15) is 51.9 Å². The lowest BCUT2D eigenvalue weighted by Crippen LogP contribution is -2.36. The Morgan fingerprint density at radius 3 is 2.21 bits per heavy atom. The molecule has 4 aromatic rings. The summed E-state index contributed by atoms with van der Waals surface area (Å²) in [6, 6.07) is 27.1. The molecule has 0 bridgehead atoms. The highest BCUT2D eigenvalue weighted by Crippen LogP contribution is 2.24. The third-order valence-corrected chi connectivity index (χ3v) is 7.99. The van der Waals surface area contributed by atoms with Gasteiger partial charge in [-0.3, -0.25) is 24.0 Å². The van der Waals surface area contributed by atoms with Gasteiger partial charge in [-0.25, -0.2) is 9.59 Å². The molecule has 13 nitrogen and oxygen atoms in total. The number of para-hydroxylation sites is 1. The molecule has 1 N–H and O–H groups in total. The number of hydrogen-bond acceptors (Lipinski definition) is 10. The summed E-state index contributed by atoms with van der Waals surface area (Å²) >= 11 is 0. The molecule has 0 aliphatic carbocycles. The van der Waals surface area contributed by atoms with E-state index in [1.54, 1.807) is 17.0 Å². The molecular weight excluding hydrogens is 682 g/mol. The van der Waals surface area contributed by atoms with Gasteiger partial charge in [0.05, 0.1) is 12.1 Å². The zero-order valence-electron chi connectivity index (χ0n) is 28.7. The van der Waals surface area contributed by atoms with E-state index in [0.29, 0.717) is 21.9 Å². The van der Waals surface area contributed by atoms with Gasteiger partial charge >= 0.3 is 12.1 Å². The van der Waals surface area contributed by atoms with Crippen LogP contribution in [0.5, 0.6) is 11.5 Å². The number of ether oxygens (including phenoxy) is 3. The molecule has 1 fully saturated rings. The molecule has 0 aromatic heterocycles. The first-order valence-electron chi connectivity index (χ1n) is 16.5. The second kappa shape index (κ2) is 17.8. The number of rotatable bonds is 14. The number of carbonyl (C=O) groups is 6. The predicted molar refractivity (Wildman–Crippen MR) is 190 cm³/mol. The summed E-state index contributed by atoms with van der Waals surface area (Å²) in [6.07, 6.45) is 4.46. The molecule has 4 aromatic carbocycles. The first kappa shape index (κ1) is 37.3. The van der Waals surface area contributed by atoms with Crippen molar-refractivity contribution in [1.82, 2.24) is 10.4 Å². The molecule has 0 radical (unpaired) electrons. The summed E-state index contributed by atoms with van der Waals surface area (Å²) in [4.78, 5) is 79.8. The molecular formula is C40H35N3O10. The maximum absolute atomic E-state index is 13.4. The molecule has 5 rings (SSSR count). The molecule has 0 unspecified atom stereocenters. The molecule has 1 aliphatic heterocycles. The van der Waals surface area contributed by atoms with Crippen molar-refractivity contribution < 1.29 is 47.8 Å². The highest BCUT2D eigenvalue weighted by Gasteiger charge is 2.33. The molecule has 4 amide bonds. The van der Waals surface area contributed by atoms with E-state index in [0.717, 1.165) is 16.8 Å². The van der Waals surface area contributed by atoms with E-state index in [4.69, 9.17) is 20.6 Å². The van der Waals surface area contributed by atoms with Gasteiger partial charge in [-0.1, -0.05) is 59.5 Å². The van der Waals surface area contributed by atoms with Crippen LogP contribution in [-0.4, -0.2) is 54.0 Å². The van der Waals surface area contributed by atoms with Crippen LogP contribution in [0.25, 0.3) is 0 Å². The van der Waals surface area contributed by atoms with Crippen LogP contribution < -0.4 is 19.7 Å². The van der Waals surface area contributed by atoms with Gasteiger partial charge in [-0.05, 0) is 72.1 Å². The maximum Gasteiger partial charge on any atom is 0.534 e. The van der Waals surface area contributed by atoms with Gasteiger partial charge in [-0.15, -0.1) is 6.42 Å². The molecule has 1 heterocycles. The van der Waals surface area contributed by atoms with E-state index < -0.39 is 29.8 Å². The molecule has 270 valence electrons. The van der Waals surface area contributed by atoms with Crippen molar-refractivity contribution in [3.8, 4) is 23.8 Å². The fourth-order valence-electron chi connectivity index (χ4n) is 5.19. The summed E-state index contributed by atoms with van der Waals surface area (Å²) in [7, 11) is 0. The predicted octanol–water partition coefficient (Wildman–Crippen LogP) is 5.03. The standard InChI is InChI=1S/C40H35N3O10/c1-3-29-9-5-6-10-31(29)24-42(34-11-7-4-8-27(34)2)36(45)22-23-41-35(44)26-50-32-18-14-30(15-19-32)39(48)52-33-16-12-28(13-17-33)25-51-40(49)53-43-37(46)20-21-38(43)47/h1,4-19H,20-26H2,2H3,(H,41,44). The van der Waals surface area contributed by atoms with Gasteiger partial charge in [0, 0.05) is 37.1 Å². The van der Waals surface area contributed by atoms with E-state index >= 15 is 0 Å².